The van der Waals surface area contributed by atoms with Crippen LogP contribution in [0.3, 0.4) is 0 Å². The van der Waals surface area contributed by atoms with Gasteiger partial charge in [0.2, 0.25) is 0 Å². The van der Waals surface area contributed by atoms with E-state index in [0.29, 0.717) is 0 Å². The van der Waals surface area contributed by atoms with Gasteiger partial charge in [0.25, 0.3) is 0 Å². The third kappa shape index (κ3) is 3.88. The Morgan fingerprint density at radius 3 is 2.57 bits per heavy atom. The molecule has 2 unspecified atom stereocenters. The molecule has 1 aromatic rings. The fourth-order valence-electron chi connectivity index (χ4n) is 2.17. The van der Waals surface area contributed by atoms with Gasteiger partial charge < -0.3 is 29.5 Å². The third-order valence-electron chi connectivity index (χ3n) is 3.45. The Balaban J connectivity index is 2.07. The smallest absolute Gasteiger partial charge is 0.343 e. The molecule has 0 aromatic heterocycles. The zero-order valence-electron chi connectivity index (χ0n) is 12.1. The first-order chi connectivity index (χ1) is 10.9. The van der Waals surface area contributed by atoms with E-state index in [-0.39, 0.29) is 34.6 Å². The number of carbonyl (C=O) groups is 1. The standard InChI is InChI=1S/C14H16Cl2O7/c1-21-13-7(16)3-2-6(15)10(13)14(20)23-5-9-12(19)11(18)8(17)4-22-9/h2-3,8-9,11-12,17-19H,4-5H2,1H3/t8-,9+,11?,12?/m0/s1. The number of aliphatic hydroxyl groups is 3. The highest BCUT2D eigenvalue weighted by molar-refractivity contribution is 6.37. The van der Waals surface area contributed by atoms with Crippen molar-refractivity contribution in [3.05, 3.63) is 27.7 Å². The zero-order chi connectivity index (χ0) is 17.1. The van der Waals surface area contributed by atoms with E-state index < -0.39 is 30.4 Å². The highest BCUT2D eigenvalue weighted by atomic mass is 35.5. The summed E-state index contributed by atoms with van der Waals surface area (Å²) in [6.45, 7) is -0.516. The first kappa shape index (κ1) is 18.3. The summed E-state index contributed by atoms with van der Waals surface area (Å²) in [5.41, 5.74) is -0.0486. The Hall–Kier alpha value is -1.09. The predicted molar refractivity (Wildman–Crippen MR) is 81.1 cm³/mol. The molecule has 0 saturated carbocycles. The van der Waals surface area contributed by atoms with Crippen LogP contribution in [0.25, 0.3) is 0 Å². The summed E-state index contributed by atoms with van der Waals surface area (Å²) in [7, 11) is 1.33. The minimum Gasteiger partial charge on any atom is -0.494 e. The van der Waals surface area contributed by atoms with E-state index in [1.165, 1.54) is 19.2 Å². The number of rotatable bonds is 4. The van der Waals surface area contributed by atoms with Gasteiger partial charge >= 0.3 is 5.97 Å². The molecule has 4 atom stereocenters. The van der Waals surface area contributed by atoms with Gasteiger partial charge in [-0.2, -0.15) is 0 Å². The largest absolute Gasteiger partial charge is 0.494 e. The molecular weight excluding hydrogens is 351 g/mol. The number of carbonyl (C=O) groups excluding carboxylic acids is 1. The van der Waals surface area contributed by atoms with Gasteiger partial charge in [0.1, 0.15) is 36.6 Å². The summed E-state index contributed by atoms with van der Waals surface area (Å²) in [6.07, 6.45) is -4.93. The zero-order valence-corrected chi connectivity index (χ0v) is 13.6. The second kappa shape index (κ2) is 7.65. The van der Waals surface area contributed by atoms with Crippen LogP contribution in [0.5, 0.6) is 5.75 Å². The topological polar surface area (TPSA) is 105 Å². The lowest BCUT2D eigenvalue weighted by atomic mass is 10.0. The highest BCUT2D eigenvalue weighted by Gasteiger charge is 2.38. The van der Waals surface area contributed by atoms with Crippen LogP contribution in [0.1, 0.15) is 10.4 Å². The van der Waals surface area contributed by atoms with Crippen molar-refractivity contribution in [2.75, 3.05) is 20.3 Å². The van der Waals surface area contributed by atoms with Crippen molar-refractivity contribution in [1.82, 2.24) is 0 Å². The van der Waals surface area contributed by atoms with Crippen LogP contribution >= 0.6 is 23.2 Å². The second-order valence-electron chi connectivity index (χ2n) is 4.96. The fraction of sp³-hybridized carbons (Fsp3) is 0.500. The van der Waals surface area contributed by atoms with Crippen molar-refractivity contribution in [2.24, 2.45) is 0 Å². The van der Waals surface area contributed by atoms with Crippen LogP contribution in [0.15, 0.2) is 12.1 Å². The molecule has 23 heavy (non-hydrogen) atoms. The summed E-state index contributed by atoms with van der Waals surface area (Å²) < 4.78 is 15.3. The monoisotopic (exact) mass is 366 g/mol. The van der Waals surface area contributed by atoms with Crippen molar-refractivity contribution in [1.29, 1.82) is 0 Å². The van der Waals surface area contributed by atoms with E-state index in [0.717, 1.165) is 0 Å². The number of aliphatic hydroxyl groups excluding tert-OH is 3. The number of benzene rings is 1. The maximum absolute atomic E-state index is 12.2. The van der Waals surface area contributed by atoms with Gasteiger partial charge in [0.15, 0.2) is 5.75 Å². The summed E-state index contributed by atoms with van der Waals surface area (Å²) in [5.74, 6) is -0.740. The van der Waals surface area contributed by atoms with E-state index in [2.05, 4.69) is 0 Å². The maximum Gasteiger partial charge on any atom is 0.343 e. The van der Waals surface area contributed by atoms with Crippen LogP contribution in [0, 0.1) is 0 Å². The lowest BCUT2D eigenvalue weighted by molar-refractivity contribution is -0.195. The van der Waals surface area contributed by atoms with Gasteiger partial charge in [-0.3, -0.25) is 0 Å². The molecule has 9 heteroatoms. The van der Waals surface area contributed by atoms with Crippen LogP contribution < -0.4 is 4.74 Å². The Bertz CT molecular complexity index is 580. The molecule has 1 aromatic carbocycles. The first-order valence-corrected chi connectivity index (χ1v) is 7.47. The molecule has 0 aliphatic carbocycles. The number of halogens is 2. The normalized spacial score (nSPS) is 27.6. The molecule has 128 valence electrons. The Morgan fingerprint density at radius 2 is 1.91 bits per heavy atom. The van der Waals surface area contributed by atoms with Crippen LogP contribution in [0.4, 0.5) is 0 Å². The fourth-order valence-corrected chi connectivity index (χ4v) is 2.63. The summed E-state index contributed by atoms with van der Waals surface area (Å²) in [6, 6.07) is 2.90. The van der Waals surface area contributed by atoms with Crippen molar-refractivity contribution >= 4 is 29.2 Å². The van der Waals surface area contributed by atoms with Crippen molar-refractivity contribution in [3.63, 3.8) is 0 Å². The number of hydrogen-bond donors (Lipinski definition) is 3. The average molecular weight is 367 g/mol. The summed E-state index contributed by atoms with van der Waals surface area (Å²) in [5, 5.41) is 29.0. The number of methoxy groups -OCH3 is 1. The molecular formula is C14H16Cl2O7. The lowest BCUT2D eigenvalue weighted by Crippen LogP contribution is -2.54. The third-order valence-corrected chi connectivity index (χ3v) is 4.06. The number of ether oxygens (including phenoxy) is 3. The van der Waals surface area contributed by atoms with Crippen molar-refractivity contribution < 1.29 is 34.3 Å². The molecule has 1 heterocycles. The molecule has 1 aliphatic rings. The number of esters is 1. The van der Waals surface area contributed by atoms with Gasteiger partial charge in [-0.1, -0.05) is 23.2 Å². The van der Waals surface area contributed by atoms with Gasteiger partial charge in [-0.25, -0.2) is 4.79 Å². The lowest BCUT2D eigenvalue weighted by Gasteiger charge is -2.34. The van der Waals surface area contributed by atoms with E-state index >= 15 is 0 Å². The minimum absolute atomic E-state index is 0.0486. The predicted octanol–water partition coefficient (Wildman–Crippen LogP) is 0.640. The van der Waals surface area contributed by atoms with Crippen LogP contribution in [-0.4, -0.2) is 66.0 Å². The molecule has 2 rings (SSSR count). The quantitative estimate of drug-likeness (QED) is 0.671. The molecule has 1 aliphatic heterocycles. The van der Waals surface area contributed by atoms with Crippen molar-refractivity contribution in [2.45, 2.75) is 24.4 Å². The Morgan fingerprint density at radius 1 is 1.26 bits per heavy atom. The van der Waals surface area contributed by atoms with E-state index in [4.69, 9.17) is 37.4 Å². The van der Waals surface area contributed by atoms with Gasteiger partial charge in [-0.15, -0.1) is 0 Å². The Kier molecular flexibility index (Phi) is 6.07. The number of hydrogen-bond acceptors (Lipinski definition) is 7. The van der Waals surface area contributed by atoms with Crippen LogP contribution in [0.2, 0.25) is 10.0 Å². The van der Waals surface area contributed by atoms with Gasteiger partial charge in [0.05, 0.1) is 23.8 Å². The summed E-state index contributed by atoms with van der Waals surface area (Å²) in [4.78, 5) is 12.2. The van der Waals surface area contributed by atoms with E-state index in [9.17, 15) is 20.1 Å². The molecule has 0 bridgehead atoms. The molecule has 1 saturated heterocycles. The SMILES string of the molecule is COc1c(Cl)ccc(Cl)c1C(=O)OC[C@H]1OC[C@H](O)C(O)C1O. The Labute approximate surface area is 142 Å². The first-order valence-electron chi connectivity index (χ1n) is 6.71. The van der Waals surface area contributed by atoms with Crippen molar-refractivity contribution in [3.8, 4) is 5.75 Å². The maximum atomic E-state index is 12.2. The second-order valence-corrected chi connectivity index (χ2v) is 5.77. The molecule has 0 spiro atoms. The molecule has 0 amide bonds. The summed E-state index contributed by atoms with van der Waals surface area (Å²) >= 11 is 11.9. The van der Waals surface area contributed by atoms with E-state index in [1.54, 1.807) is 0 Å². The van der Waals surface area contributed by atoms with Gasteiger partial charge in [0, 0.05) is 0 Å². The highest BCUT2D eigenvalue weighted by Crippen LogP contribution is 2.34. The van der Waals surface area contributed by atoms with E-state index in [1.807, 2.05) is 0 Å². The van der Waals surface area contributed by atoms with Crippen LogP contribution in [-0.2, 0) is 9.47 Å². The van der Waals surface area contributed by atoms with Gasteiger partial charge in [-0.05, 0) is 12.1 Å². The molecule has 7 nitrogen and oxygen atoms in total. The molecule has 1 fully saturated rings. The molecule has 3 N–H and O–H groups in total. The minimum atomic E-state index is -1.39. The molecule has 0 radical (unpaired) electrons. The average Bonchev–Trinajstić information content (AvgIpc) is 2.53.